The number of nitrogens with one attached hydrogen (secondary N) is 1. The first kappa shape index (κ1) is 13.3. The van der Waals surface area contributed by atoms with Crippen LogP contribution < -0.4 is 5.32 Å². The highest BCUT2D eigenvalue weighted by Gasteiger charge is 2.41. The molecule has 0 aromatic carbocycles. The molecule has 0 aromatic rings. The lowest BCUT2D eigenvalue weighted by Gasteiger charge is -2.29. The molecule has 102 valence electrons. The number of rotatable bonds is 3. The Balaban J connectivity index is 2.04. The SMILES string of the molecule is C[C@@H]1CNC[C@H]1C(=O)N(C)C1COCC1C(=O)O. The molecule has 2 aliphatic heterocycles. The van der Waals surface area contributed by atoms with Crippen LogP contribution in [0.5, 0.6) is 0 Å². The third-order valence-corrected chi connectivity index (χ3v) is 4.05. The van der Waals surface area contributed by atoms with E-state index in [1.807, 2.05) is 6.92 Å². The molecule has 2 fully saturated rings. The number of likely N-dealkylation sites (N-methyl/N-ethyl adjacent to an activating group) is 1. The van der Waals surface area contributed by atoms with Gasteiger partial charge >= 0.3 is 5.97 Å². The number of carbonyl (C=O) groups is 2. The molecule has 0 aromatic heterocycles. The standard InChI is InChI=1S/C12H20N2O4/c1-7-3-13-4-8(7)11(15)14(2)10-6-18-5-9(10)12(16)17/h7-10,13H,3-6H2,1-2H3,(H,16,17)/t7-,8-,9?,10?/m1/s1. The van der Waals surface area contributed by atoms with E-state index in [1.165, 1.54) is 0 Å². The number of carboxylic acids is 1. The number of carbonyl (C=O) groups excluding carboxylic acids is 1. The van der Waals surface area contributed by atoms with Crippen LogP contribution in [0, 0.1) is 17.8 Å². The summed E-state index contributed by atoms with van der Waals surface area (Å²) in [5.74, 6) is -1.23. The zero-order chi connectivity index (χ0) is 13.3. The van der Waals surface area contributed by atoms with Crippen molar-refractivity contribution >= 4 is 11.9 Å². The summed E-state index contributed by atoms with van der Waals surface area (Å²) >= 11 is 0. The molecule has 0 aliphatic carbocycles. The number of hydrogen-bond donors (Lipinski definition) is 2. The average Bonchev–Trinajstić information content (AvgIpc) is 2.95. The van der Waals surface area contributed by atoms with Gasteiger partial charge in [-0.25, -0.2) is 0 Å². The number of nitrogens with zero attached hydrogens (tertiary/aromatic N) is 1. The molecule has 2 rings (SSSR count). The predicted octanol–water partition coefficient (Wildman–Crippen LogP) is -0.600. The molecule has 0 saturated carbocycles. The van der Waals surface area contributed by atoms with Crippen LogP contribution >= 0.6 is 0 Å². The van der Waals surface area contributed by atoms with Gasteiger partial charge in [-0.15, -0.1) is 0 Å². The zero-order valence-corrected chi connectivity index (χ0v) is 10.8. The molecule has 6 heteroatoms. The Morgan fingerprint density at radius 1 is 1.28 bits per heavy atom. The van der Waals surface area contributed by atoms with Gasteiger partial charge in [-0.3, -0.25) is 9.59 Å². The van der Waals surface area contributed by atoms with E-state index in [9.17, 15) is 9.59 Å². The van der Waals surface area contributed by atoms with E-state index in [0.29, 0.717) is 19.1 Å². The van der Waals surface area contributed by atoms with E-state index in [0.717, 1.165) is 6.54 Å². The van der Waals surface area contributed by atoms with E-state index >= 15 is 0 Å². The normalized spacial score (nSPS) is 35.7. The van der Waals surface area contributed by atoms with Crippen LogP contribution in [0.15, 0.2) is 0 Å². The largest absolute Gasteiger partial charge is 0.481 e. The van der Waals surface area contributed by atoms with Gasteiger partial charge in [-0.1, -0.05) is 6.92 Å². The molecule has 0 spiro atoms. The predicted molar refractivity (Wildman–Crippen MR) is 64.0 cm³/mol. The lowest BCUT2D eigenvalue weighted by molar-refractivity contribution is -0.145. The minimum Gasteiger partial charge on any atom is -0.481 e. The molecule has 18 heavy (non-hydrogen) atoms. The Hall–Kier alpha value is -1.14. The van der Waals surface area contributed by atoms with E-state index < -0.39 is 11.9 Å². The molecule has 0 radical (unpaired) electrons. The van der Waals surface area contributed by atoms with Crippen molar-refractivity contribution in [2.24, 2.45) is 17.8 Å². The Morgan fingerprint density at radius 2 is 2.00 bits per heavy atom. The molecular formula is C12H20N2O4. The van der Waals surface area contributed by atoms with Crippen LogP contribution in [0.4, 0.5) is 0 Å². The van der Waals surface area contributed by atoms with Gasteiger partial charge in [0.05, 0.1) is 25.2 Å². The van der Waals surface area contributed by atoms with Gasteiger partial charge in [-0.05, 0) is 12.5 Å². The average molecular weight is 256 g/mol. The minimum absolute atomic E-state index is 0.0225. The first-order valence-corrected chi connectivity index (χ1v) is 6.30. The van der Waals surface area contributed by atoms with Crippen molar-refractivity contribution in [3.63, 3.8) is 0 Å². The minimum atomic E-state index is -0.894. The van der Waals surface area contributed by atoms with Crippen LogP contribution in [-0.2, 0) is 14.3 Å². The summed E-state index contributed by atoms with van der Waals surface area (Å²) in [6.07, 6.45) is 0. The van der Waals surface area contributed by atoms with Gasteiger partial charge in [0.1, 0.15) is 5.92 Å². The van der Waals surface area contributed by atoms with Crippen molar-refractivity contribution in [2.45, 2.75) is 13.0 Å². The van der Waals surface area contributed by atoms with Gasteiger partial charge in [0.2, 0.25) is 5.91 Å². The Kier molecular flexibility index (Phi) is 3.87. The highest BCUT2D eigenvalue weighted by Crippen LogP contribution is 2.24. The molecule has 2 aliphatic rings. The highest BCUT2D eigenvalue weighted by atomic mass is 16.5. The number of hydrogen-bond acceptors (Lipinski definition) is 4. The van der Waals surface area contributed by atoms with Crippen molar-refractivity contribution in [1.82, 2.24) is 10.2 Å². The second-order valence-electron chi connectivity index (χ2n) is 5.24. The smallest absolute Gasteiger partial charge is 0.311 e. The Bertz CT molecular complexity index is 347. The van der Waals surface area contributed by atoms with Gasteiger partial charge in [0, 0.05) is 13.6 Å². The fraction of sp³-hybridized carbons (Fsp3) is 0.833. The summed E-state index contributed by atoms with van der Waals surface area (Å²) in [5.41, 5.74) is 0. The van der Waals surface area contributed by atoms with Gasteiger partial charge in [-0.2, -0.15) is 0 Å². The summed E-state index contributed by atoms with van der Waals surface area (Å²) in [4.78, 5) is 25.0. The summed E-state index contributed by atoms with van der Waals surface area (Å²) in [6.45, 7) is 4.06. The maximum atomic E-state index is 12.3. The lowest BCUT2D eigenvalue weighted by atomic mass is 9.94. The van der Waals surface area contributed by atoms with Crippen molar-refractivity contribution < 1.29 is 19.4 Å². The molecule has 2 N–H and O–H groups in total. The van der Waals surface area contributed by atoms with E-state index in [1.54, 1.807) is 11.9 Å². The summed E-state index contributed by atoms with van der Waals surface area (Å²) < 4.78 is 5.20. The first-order chi connectivity index (χ1) is 8.52. The quantitative estimate of drug-likeness (QED) is 0.705. The molecule has 2 unspecified atom stereocenters. The van der Waals surface area contributed by atoms with Crippen molar-refractivity contribution in [1.29, 1.82) is 0 Å². The number of aliphatic carboxylic acids is 1. The summed E-state index contributed by atoms with van der Waals surface area (Å²) in [7, 11) is 1.68. The second kappa shape index (κ2) is 5.24. The van der Waals surface area contributed by atoms with Crippen molar-refractivity contribution in [3.8, 4) is 0 Å². The van der Waals surface area contributed by atoms with Crippen LogP contribution in [0.1, 0.15) is 6.92 Å². The summed E-state index contributed by atoms with van der Waals surface area (Å²) in [5, 5.41) is 12.3. The topological polar surface area (TPSA) is 78.9 Å². The first-order valence-electron chi connectivity index (χ1n) is 6.30. The van der Waals surface area contributed by atoms with Gasteiger partial charge in [0.25, 0.3) is 0 Å². The van der Waals surface area contributed by atoms with E-state index in [2.05, 4.69) is 5.32 Å². The van der Waals surface area contributed by atoms with Gasteiger partial charge < -0.3 is 20.1 Å². The van der Waals surface area contributed by atoms with Crippen molar-refractivity contribution in [3.05, 3.63) is 0 Å². The molecule has 6 nitrogen and oxygen atoms in total. The summed E-state index contributed by atoms with van der Waals surface area (Å²) in [6, 6.07) is -0.345. The van der Waals surface area contributed by atoms with Crippen LogP contribution in [0.3, 0.4) is 0 Å². The van der Waals surface area contributed by atoms with E-state index in [-0.39, 0.29) is 24.5 Å². The fourth-order valence-electron chi connectivity index (χ4n) is 2.73. The van der Waals surface area contributed by atoms with Crippen LogP contribution in [0.2, 0.25) is 0 Å². The molecule has 2 saturated heterocycles. The lowest BCUT2D eigenvalue weighted by Crippen LogP contribution is -2.47. The fourth-order valence-corrected chi connectivity index (χ4v) is 2.73. The zero-order valence-electron chi connectivity index (χ0n) is 10.8. The number of carboxylic acid groups (broad SMARTS) is 1. The Morgan fingerprint density at radius 3 is 2.56 bits per heavy atom. The monoisotopic (exact) mass is 256 g/mol. The number of ether oxygens (including phenoxy) is 1. The maximum absolute atomic E-state index is 12.3. The molecular weight excluding hydrogens is 236 g/mol. The maximum Gasteiger partial charge on any atom is 0.311 e. The highest BCUT2D eigenvalue weighted by molar-refractivity contribution is 5.81. The molecule has 2 heterocycles. The third kappa shape index (κ3) is 2.35. The third-order valence-electron chi connectivity index (χ3n) is 4.05. The Labute approximate surface area is 106 Å². The van der Waals surface area contributed by atoms with Gasteiger partial charge in [0.15, 0.2) is 0 Å². The molecule has 1 amide bonds. The second-order valence-corrected chi connectivity index (χ2v) is 5.24. The number of amides is 1. The molecule has 4 atom stereocenters. The van der Waals surface area contributed by atoms with Crippen LogP contribution in [0.25, 0.3) is 0 Å². The molecule has 0 bridgehead atoms. The van der Waals surface area contributed by atoms with Crippen LogP contribution in [-0.4, -0.2) is 61.3 Å². The van der Waals surface area contributed by atoms with Crippen molar-refractivity contribution in [2.75, 3.05) is 33.4 Å². The van der Waals surface area contributed by atoms with E-state index in [4.69, 9.17) is 9.84 Å².